The van der Waals surface area contributed by atoms with Gasteiger partial charge in [0.15, 0.2) is 5.49 Å². The highest BCUT2D eigenvalue weighted by atomic mass is 32.1. The van der Waals surface area contributed by atoms with Crippen LogP contribution in [-0.2, 0) is 24.2 Å². The third kappa shape index (κ3) is 4.29. The summed E-state index contributed by atoms with van der Waals surface area (Å²) < 4.78 is 6.90. The van der Waals surface area contributed by atoms with Gasteiger partial charge >= 0.3 is 0 Å². The average Bonchev–Trinajstić information content (AvgIpc) is 3.11. The first kappa shape index (κ1) is 19.9. The van der Waals surface area contributed by atoms with Crippen molar-refractivity contribution in [3.8, 4) is 0 Å². The number of ether oxygens (including phenoxy) is 1. The van der Waals surface area contributed by atoms with Crippen LogP contribution in [0.4, 0.5) is 5.95 Å². The predicted molar refractivity (Wildman–Crippen MR) is 118 cm³/mol. The Labute approximate surface area is 174 Å². The van der Waals surface area contributed by atoms with Crippen LogP contribution in [0.25, 0.3) is 10.2 Å². The fraction of sp³-hybridized carbons (Fsp3) is 0.429. The number of anilines is 1. The molecule has 0 spiro atoms. The van der Waals surface area contributed by atoms with Crippen molar-refractivity contribution < 1.29 is 4.74 Å². The van der Waals surface area contributed by atoms with Gasteiger partial charge < -0.3 is 16.3 Å². The van der Waals surface area contributed by atoms with Crippen molar-refractivity contribution in [3.63, 3.8) is 0 Å². The first-order valence-corrected chi connectivity index (χ1v) is 10.9. The Morgan fingerprint density at radius 2 is 2.10 bits per heavy atom. The number of benzene rings is 1. The molecule has 1 aliphatic rings. The van der Waals surface area contributed by atoms with Gasteiger partial charge in [-0.3, -0.25) is 9.89 Å². The predicted octanol–water partition coefficient (Wildman–Crippen LogP) is 2.28. The van der Waals surface area contributed by atoms with Gasteiger partial charge in [-0.05, 0) is 30.9 Å². The third-order valence-electron chi connectivity index (χ3n) is 5.19. The molecule has 0 unspecified atom stereocenters. The molecule has 0 saturated carbocycles. The number of fused-ring (bicyclic) bond motifs is 3. The molecule has 2 aromatic heterocycles. The van der Waals surface area contributed by atoms with Gasteiger partial charge in [-0.15, -0.1) is 11.3 Å². The zero-order chi connectivity index (χ0) is 20.2. The van der Waals surface area contributed by atoms with E-state index in [1.54, 1.807) is 11.3 Å². The van der Waals surface area contributed by atoms with Crippen LogP contribution in [0.3, 0.4) is 0 Å². The van der Waals surface area contributed by atoms with Crippen LogP contribution < -0.4 is 17.1 Å². The lowest BCUT2D eigenvalue weighted by atomic mass is 10.0. The summed E-state index contributed by atoms with van der Waals surface area (Å²) in [6, 6.07) is 10.6. The van der Waals surface area contributed by atoms with Crippen LogP contribution >= 0.6 is 11.3 Å². The largest absolute Gasteiger partial charge is 0.382 e. The smallest absolute Gasteiger partial charge is 0.222 e. The summed E-state index contributed by atoms with van der Waals surface area (Å²) in [7, 11) is 0. The molecule has 3 aromatic rings. The minimum absolute atomic E-state index is 0.292. The van der Waals surface area contributed by atoms with Gasteiger partial charge in [0.25, 0.3) is 0 Å². The molecule has 0 bridgehead atoms. The molecular weight excluding hydrogens is 384 g/mol. The Balaban J connectivity index is 1.63. The van der Waals surface area contributed by atoms with Crippen LogP contribution in [0.15, 0.2) is 35.3 Å². The maximum absolute atomic E-state index is 6.22. The molecule has 3 heterocycles. The van der Waals surface area contributed by atoms with E-state index in [2.05, 4.69) is 40.2 Å². The standard InChI is InChI=1S/C21H28N6OS/c1-2-28-12-6-10-24-19-18-16-9-11-26(13-15-7-4-3-5-8-15)14-17(16)29-20(18)27(23)21(22)25-19/h3-5,7-8H,2,6,9-14,23H2,1H3,(H2,22,24,25). The van der Waals surface area contributed by atoms with E-state index in [0.717, 1.165) is 49.3 Å². The van der Waals surface area contributed by atoms with Crippen molar-refractivity contribution in [3.05, 3.63) is 51.8 Å². The number of hydrogen-bond acceptors (Lipinski definition) is 7. The lowest BCUT2D eigenvalue weighted by Crippen LogP contribution is -2.30. The van der Waals surface area contributed by atoms with Crippen LogP contribution in [0.5, 0.6) is 0 Å². The molecule has 0 saturated heterocycles. The molecule has 0 amide bonds. The summed E-state index contributed by atoms with van der Waals surface area (Å²) in [4.78, 5) is 14.0. The second-order valence-electron chi connectivity index (χ2n) is 7.23. The molecule has 4 N–H and O–H groups in total. The SMILES string of the molecule is CCOCCCN=c1nc(N)n(N)c2sc3c(c12)CCN(Cc1ccccc1)C3. The van der Waals surface area contributed by atoms with E-state index < -0.39 is 0 Å². The maximum atomic E-state index is 6.22. The van der Waals surface area contributed by atoms with Crippen LogP contribution in [-0.4, -0.2) is 40.9 Å². The van der Waals surface area contributed by atoms with E-state index in [1.807, 2.05) is 6.92 Å². The van der Waals surface area contributed by atoms with E-state index in [-0.39, 0.29) is 0 Å². The fourth-order valence-electron chi connectivity index (χ4n) is 3.75. The zero-order valence-electron chi connectivity index (χ0n) is 16.8. The molecule has 0 fully saturated rings. The maximum Gasteiger partial charge on any atom is 0.222 e. The van der Waals surface area contributed by atoms with E-state index in [9.17, 15) is 0 Å². The summed E-state index contributed by atoms with van der Waals surface area (Å²) in [5.41, 5.74) is 9.44. The van der Waals surface area contributed by atoms with Crippen molar-refractivity contribution in [1.29, 1.82) is 0 Å². The average molecular weight is 413 g/mol. The summed E-state index contributed by atoms with van der Waals surface area (Å²) in [6.07, 6.45) is 1.83. The fourth-order valence-corrected chi connectivity index (χ4v) is 5.07. The van der Waals surface area contributed by atoms with Crippen molar-refractivity contribution in [2.24, 2.45) is 4.99 Å². The number of nitrogen functional groups attached to an aromatic ring is 2. The van der Waals surface area contributed by atoms with Crippen LogP contribution in [0.2, 0.25) is 0 Å². The Morgan fingerprint density at radius 3 is 2.90 bits per heavy atom. The van der Waals surface area contributed by atoms with Crippen molar-refractivity contribution in [1.82, 2.24) is 14.6 Å². The first-order valence-electron chi connectivity index (χ1n) is 10.1. The number of nitrogens with two attached hydrogens (primary N) is 2. The Morgan fingerprint density at radius 1 is 1.28 bits per heavy atom. The number of nitrogens with zero attached hydrogens (tertiary/aromatic N) is 4. The van der Waals surface area contributed by atoms with Gasteiger partial charge in [-0.1, -0.05) is 30.3 Å². The van der Waals surface area contributed by atoms with E-state index in [1.165, 1.54) is 20.7 Å². The highest BCUT2D eigenvalue weighted by Gasteiger charge is 2.24. The number of rotatable bonds is 7. The Hall–Kier alpha value is -2.42. The Kier molecular flexibility index (Phi) is 6.13. The van der Waals surface area contributed by atoms with Gasteiger partial charge in [0.1, 0.15) is 4.83 Å². The molecule has 7 nitrogen and oxygen atoms in total. The second-order valence-corrected chi connectivity index (χ2v) is 8.31. The number of thiophene rings is 1. The molecular formula is C21H28N6OS. The lowest BCUT2D eigenvalue weighted by Gasteiger charge is -2.26. The van der Waals surface area contributed by atoms with Crippen LogP contribution in [0.1, 0.15) is 29.3 Å². The highest BCUT2D eigenvalue weighted by Crippen LogP contribution is 2.33. The molecule has 1 aromatic carbocycles. The van der Waals surface area contributed by atoms with Gasteiger partial charge in [0.05, 0.1) is 5.39 Å². The van der Waals surface area contributed by atoms with Gasteiger partial charge in [0.2, 0.25) is 5.95 Å². The molecule has 4 rings (SSSR count). The molecule has 29 heavy (non-hydrogen) atoms. The van der Waals surface area contributed by atoms with Gasteiger partial charge in [0, 0.05) is 44.3 Å². The van der Waals surface area contributed by atoms with Crippen molar-refractivity contribution in [2.45, 2.75) is 32.9 Å². The third-order valence-corrected chi connectivity index (χ3v) is 6.40. The molecule has 0 aliphatic carbocycles. The second kappa shape index (κ2) is 8.94. The van der Waals surface area contributed by atoms with Crippen molar-refractivity contribution in [2.75, 3.05) is 37.9 Å². The Bertz CT molecular complexity index is 1040. The zero-order valence-corrected chi connectivity index (χ0v) is 17.6. The molecule has 1 aliphatic heterocycles. The topological polar surface area (TPSA) is 94.7 Å². The van der Waals surface area contributed by atoms with E-state index >= 15 is 0 Å². The van der Waals surface area contributed by atoms with Crippen molar-refractivity contribution >= 4 is 27.5 Å². The summed E-state index contributed by atoms with van der Waals surface area (Å²) in [5, 5.41) is 1.07. The minimum Gasteiger partial charge on any atom is -0.382 e. The first-order chi connectivity index (χ1) is 14.2. The summed E-state index contributed by atoms with van der Waals surface area (Å²) in [6.45, 7) is 6.97. The summed E-state index contributed by atoms with van der Waals surface area (Å²) in [5.74, 6) is 6.51. The lowest BCUT2D eigenvalue weighted by molar-refractivity contribution is 0.146. The number of hydrogen-bond donors (Lipinski definition) is 2. The highest BCUT2D eigenvalue weighted by molar-refractivity contribution is 7.18. The molecule has 154 valence electrons. The minimum atomic E-state index is 0.292. The van der Waals surface area contributed by atoms with Gasteiger partial charge in [-0.2, -0.15) is 4.98 Å². The normalized spacial score (nSPS) is 15.1. The summed E-state index contributed by atoms with van der Waals surface area (Å²) >= 11 is 1.71. The quantitative estimate of drug-likeness (QED) is 0.459. The van der Waals surface area contributed by atoms with E-state index in [4.69, 9.17) is 21.3 Å². The number of aromatic nitrogens is 2. The monoisotopic (exact) mass is 412 g/mol. The van der Waals surface area contributed by atoms with E-state index in [0.29, 0.717) is 24.6 Å². The molecule has 0 radical (unpaired) electrons. The molecule has 8 heteroatoms. The van der Waals surface area contributed by atoms with Crippen LogP contribution in [0, 0.1) is 0 Å². The molecule has 0 atom stereocenters. The van der Waals surface area contributed by atoms with Gasteiger partial charge in [-0.25, -0.2) is 4.68 Å².